The van der Waals surface area contributed by atoms with Crippen molar-refractivity contribution in [3.8, 4) is 0 Å². The molecule has 18 heavy (non-hydrogen) atoms. The molecule has 0 unspecified atom stereocenters. The maximum atomic E-state index is 13.6. The first kappa shape index (κ1) is 12.2. The summed E-state index contributed by atoms with van der Waals surface area (Å²) < 4.78 is 13.6. The van der Waals surface area contributed by atoms with Gasteiger partial charge in [0.1, 0.15) is 5.82 Å². The molecule has 0 aromatic heterocycles. The lowest BCUT2D eigenvalue weighted by atomic mass is 10.1. The van der Waals surface area contributed by atoms with Crippen molar-refractivity contribution >= 4 is 17.8 Å². The van der Waals surface area contributed by atoms with E-state index in [2.05, 4.69) is 4.84 Å². The van der Waals surface area contributed by atoms with E-state index in [4.69, 9.17) is 0 Å². The number of aryl methyl sites for hydroxylation is 1. The summed E-state index contributed by atoms with van der Waals surface area (Å²) in [5.41, 5.74) is -0.0222. The third-order valence-corrected chi connectivity index (χ3v) is 2.59. The van der Waals surface area contributed by atoms with E-state index < -0.39 is 23.6 Å². The van der Waals surface area contributed by atoms with Crippen LogP contribution in [0.25, 0.3) is 0 Å². The number of hydrogen-bond donors (Lipinski definition) is 0. The molecule has 1 aromatic carbocycles. The molecule has 1 saturated heterocycles. The summed E-state index contributed by atoms with van der Waals surface area (Å²) in [4.78, 5) is 38.7. The Morgan fingerprint density at radius 2 is 1.89 bits per heavy atom. The topological polar surface area (TPSA) is 63.7 Å². The summed E-state index contributed by atoms with van der Waals surface area (Å²) in [5.74, 6) is -2.97. The highest BCUT2D eigenvalue weighted by molar-refractivity contribution is 6.02. The molecule has 0 saturated carbocycles. The van der Waals surface area contributed by atoms with Crippen molar-refractivity contribution in [1.29, 1.82) is 0 Å². The van der Waals surface area contributed by atoms with E-state index in [1.165, 1.54) is 25.1 Å². The molecule has 0 atom stereocenters. The van der Waals surface area contributed by atoms with Gasteiger partial charge in [-0.15, -0.1) is 5.06 Å². The molecule has 1 aliphatic heterocycles. The van der Waals surface area contributed by atoms with E-state index in [0.29, 0.717) is 5.06 Å². The number of imide groups is 1. The average Bonchev–Trinajstić information content (AvgIpc) is 2.64. The summed E-state index contributed by atoms with van der Waals surface area (Å²) >= 11 is 0. The van der Waals surface area contributed by atoms with E-state index in [1.54, 1.807) is 0 Å². The maximum Gasteiger partial charge on any atom is 0.366 e. The van der Waals surface area contributed by atoms with Crippen LogP contribution in [-0.4, -0.2) is 22.8 Å². The molecule has 1 fully saturated rings. The Morgan fingerprint density at radius 3 is 2.50 bits per heavy atom. The average molecular weight is 251 g/mol. The van der Waals surface area contributed by atoms with Gasteiger partial charge in [0.15, 0.2) is 0 Å². The number of carbonyl (C=O) groups excluding carboxylic acids is 3. The number of amides is 2. The molecule has 1 aliphatic rings. The van der Waals surface area contributed by atoms with Crippen LogP contribution in [0.5, 0.6) is 0 Å². The molecule has 0 aliphatic carbocycles. The smallest absolute Gasteiger partial charge is 0.325 e. The molecule has 1 aromatic rings. The fourth-order valence-electron chi connectivity index (χ4n) is 1.60. The molecule has 2 amide bonds. The number of halogens is 1. The third kappa shape index (κ3) is 2.09. The van der Waals surface area contributed by atoms with Crippen molar-refractivity contribution in [3.05, 3.63) is 35.1 Å². The van der Waals surface area contributed by atoms with E-state index in [0.717, 1.165) is 0 Å². The third-order valence-electron chi connectivity index (χ3n) is 2.59. The maximum absolute atomic E-state index is 13.6. The van der Waals surface area contributed by atoms with Crippen LogP contribution in [0.15, 0.2) is 18.2 Å². The summed E-state index contributed by atoms with van der Waals surface area (Å²) in [5, 5.41) is 0.393. The monoisotopic (exact) mass is 251 g/mol. The molecule has 94 valence electrons. The Bertz CT molecular complexity index is 525. The van der Waals surface area contributed by atoms with Crippen LogP contribution >= 0.6 is 0 Å². The number of hydrogen-bond acceptors (Lipinski definition) is 4. The number of benzene rings is 1. The van der Waals surface area contributed by atoms with Crippen molar-refractivity contribution < 1.29 is 23.6 Å². The summed E-state index contributed by atoms with van der Waals surface area (Å²) in [7, 11) is 0. The molecule has 0 N–H and O–H groups in total. The van der Waals surface area contributed by atoms with Gasteiger partial charge in [0.05, 0.1) is 5.56 Å². The standard InChI is InChI=1S/C12H10FNO4/c1-7-3-2-4-8(11(7)13)12(17)18-14-9(15)5-6-10(14)16/h2-4H,5-6H2,1H3. The first-order valence-electron chi connectivity index (χ1n) is 5.34. The lowest BCUT2D eigenvalue weighted by molar-refractivity contribution is -0.172. The van der Waals surface area contributed by atoms with Gasteiger partial charge in [-0.25, -0.2) is 9.18 Å². The number of nitrogens with zero attached hydrogens (tertiary/aromatic N) is 1. The summed E-state index contributed by atoms with van der Waals surface area (Å²) in [6.07, 6.45) is 0.00479. The van der Waals surface area contributed by atoms with Gasteiger partial charge in [0.25, 0.3) is 11.8 Å². The van der Waals surface area contributed by atoms with Crippen LogP contribution in [0.2, 0.25) is 0 Å². The molecule has 0 spiro atoms. The molecule has 1 heterocycles. The van der Waals surface area contributed by atoms with Crippen LogP contribution < -0.4 is 0 Å². The minimum atomic E-state index is -1.06. The van der Waals surface area contributed by atoms with Crippen LogP contribution in [-0.2, 0) is 14.4 Å². The molecular weight excluding hydrogens is 241 g/mol. The molecule has 6 heteroatoms. The summed E-state index contributed by atoms with van der Waals surface area (Å²) in [6, 6.07) is 4.22. The summed E-state index contributed by atoms with van der Waals surface area (Å²) in [6.45, 7) is 1.50. The lowest BCUT2D eigenvalue weighted by Gasteiger charge is -2.13. The Kier molecular flexibility index (Phi) is 3.10. The van der Waals surface area contributed by atoms with E-state index in [1.807, 2.05) is 0 Å². The van der Waals surface area contributed by atoms with Gasteiger partial charge in [-0.3, -0.25) is 9.59 Å². The van der Waals surface area contributed by atoms with Crippen molar-refractivity contribution in [1.82, 2.24) is 5.06 Å². The second kappa shape index (κ2) is 4.56. The van der Waals surface area contributed by atoms with Crippen molar-refractivity contribution in [2.75, 3.05) is 0 Å². The zero-order chi connectivity index (χ0) is 13.3. The largest absolute Gasteiger partial charge is 0.366 e. The molecule has 0 radical (unpaired) electrons. The Hall–Kier alpha value is -2.24. The predicted molar refractivity (Wildman–Crippen MR) is 57.6 cm³/mol. The predicted octanol–water partition coefficient (Wildman–Crippen LogP) is 1.35. The van der Waals surface area contributed by atoms with Crippen molar-refractivity contribution in [2.24, 2.45) is 0 Å². The molecule has 2 rings (SSSR count). The van der Waals surface area contributed by atoms with Gasteiger partial charge in [-0.2, -0.15) is 0 Å². The molecule has 0 bridgehead atoms. The minimum absolute atomic E-state index is 0.00239. The second-order valence-electron chi connectivity index (χ2n) is 3.90. The van der Waals surface area contributed by atoms with Gasteiger partial charge in [0.2, 0.25) is 0 Å². The van der Waals surface area contributed by atoms with Crippen LogP contribution in [0.4, 0.5) is 4.39 Å². The van der Waals surface area contributed by atoms with Crippen molar-refractivity contribution in [3.63, 3.8) is 0 Å². The van der Waals surface area contributed by atoms with Gasteiger partial charge < -0.3 is 4.84 Å². The molecular formula is C12H10FNO4. The van der Waals surface area contributed by atoms with Crippen LogP contribution in [0.3, 0.4) is 0 Å². The highest BCUT2D eigenvalue weighted by Crippen LogP contribution is 2.17. The SMILES string of the molecule is Cc1cccc(C(=O)ON2C(=O)CCC2=O)c1F. The highest BCUT2D eigenvalue weighted by atomic mass is 19.1. The second-order valence-corrected chi connectivity index (χ2v) is 3.90. The van der Waals surface area contributed by atoms with E-state index >= 15 is 0 Å². The number of hydroxylamine groups is 2. The van der Waals surface area contributed by atoms with Gasteiger partial charge >= 0.3 is 5.97 Å². The lowest BCUT2D eigenvalue weighted by Crippen LogP contribution is -2.32. The number of rotatable bonds is 2. The fraction of sp³-hybridized carbons (Fsp3) is 0.250. The Morgan fingerprint density at radius 1 is 1.28 bits per heavy atom. The van der Waals surface area contributed by atoms with Gasteiger partial charge in [-0.1, -0.05) is 12.1 Å². The highest BCUT2D eigenvalue weighted by Gasteiger charge is 2.33. The van der Waals surface area contributed by atoms with E-state index in [9.17, 15) is 18.8 Å². The minimum Gasteiger partial charge on any atom is -0.325 e. The van der Waals surface area contributed by atoms with Gasteiger partial charge in [-0.05, 0) is 18.6 Å². The van der Waals surface area contributed by atoms with Gasteiger partial charge in [0, 0.05) is 12.8 Å². The van der Waals surface area contributed by atoms with Crippen molar-refractivity contribution in [2.45, 2.75) is 19.8 Å². The van der Waals surface area contributed by atoms with Crippen LogP contribution in [0.1, 0.15) is 28.8 Å². The quantitative estimate of drug-likeness (QED) is 0.744. The van der Waals surface area contributed by atoms with Crippen LogP contribution in [0, 0.1) is 12.7 Å². The normalized spacial score (nSPS) is 15.1. The fourth-order valence-corrected chi connectivity index (χ4v) is 1.60. The molecule has 5 nitrogen and oxygen atoms in total. The zero-order valence-electron chi connectivity index (χ0n) is 9.60. The Balaban J connectivity index is 2.20. The Labute approximate surface area is 102 Å². The first-order valence-corrected chi connectivity index (χ1v) is 5.34. The number of carbonyl (C=O) groups is 3. The first-order chi connectivity index (χ1) is 8.50. The van der Waals surface area contributed by atoms with E-state index in [-0.39, 0.29) is 24.0 Å². The zero-order valence-corrected chi connectivity index (χ0v) is 9.60.